The Hall–Kier alpha value is -3.91. The number of allylic oxidation sites excluding steroid dienone is 1. The van der Waals surface area contributed by atoms with Gasteiger partial charge in [0.25, 0.3) is 11.8 Å². The fourth-order valence-electron chi connectivity index (χ4n) is 4.80. The molecule has 0 aliphatic carbocycles. The topological polar surface area (TPSA) is 73.8 Å². The number of carbonyl (C=O) groups excluding carboxylic acids is 2. The largest absolute Gasteiger partial charge is 0.340 e. The van der Waals surface area contributed by atoms with Crippen LogP contribution < -0.4 is 10.6 Å². The van der Waals surface area contributed by atoms with Gasteiger partial charge in [-0.25, -0.2) is 9.38 Å². The average Bonchev–Trinajstić information content (AvgIpc) is 2.90. The summed E-state index contributed by atoms with van der Waals surface area (Å²) in [5.74, 6) is 0.110. The van der Waals surface area contributed by atoms with E-state index in [-0.39, 0.29) is 17.9 Å². The summed E-state index contributed by atoms with van der Waals surface area (Å²) in [6.07, 6.45) is 0.997. The molecule has 2 amide bonds. The van der Waals surface area contributed by atoms with Crippen LogP contribution in [0.25, 0.3) is 0 Å². The summed E-state index contributed by atoms with van der Waals surface area (Å²) < 4.78 is 13.2. The lowest BCUT2D eigenvalue weighted by Crippen LogP contribution is -2.43. The Morgan fingerprint density at radius 2 is 1.68 bits per heavy atom. The van der Waals surface area contributed by atoms with Crippen molar-refractivity contribution < 1.29 is 14.0 Å². The van der Waals surface area contributed by atoms with Gasteiger partial charge in [0, 0.05) is 29.2 Å². The number of thioether (sulfide) groups is 1. The lowest BCUT2D eigenvalue weighted by atomic mass is 9.93. The number of nitrogens with one attached hydrogen (secondary N) is 2. The Morgan fingerprint density at radius 3 is 2.39 bits per heavy atom. The smallest absolute Gasteiger partial charge is 0.255 e. The highest BCUT2D eigenvalue weighted by Crippen LogP contribution is 2.40. The molecule has 2 aliphatic rings. The van der Waals surface area contributed by atoms with Gasteiger partial charge in [-0.05, 0) is 80.8 Å². The number of fused-ring (bicyclic) bond motifs is 1. The number of amides is 2. The van der Waals surface area contributed by atoms with E-state index in [2.05, 4.69) is 15.5 Å². The second kappa shape index (κ2) is 10.8. The molecule has 3 aromatic rings. The molecule has 2 heterocycles. The summed E-state index contributed by atoms with van der Waals surface area (Å²) in [5, 5.41) is 6.89. The van der Waals surface area contributed by atoms with Gasteiger partial charge in [0.1, 0.15) is 5.82 Å². The highest BCUT2D eigenvalue weighted by Gasteiger charge is 2.37. The first kappa shape index (κ1) is 25.7. The van der Waals surface area contributed by atoms with Crippen LogP contribution in [0.2, 0.25) is 0 Å². The quantitative estimate of drug-likeness (QED) is 0.399. The van der Waals surface area contributed by atoms with Crippen molar-refractivity contribution in [3.63, 3.8) is 0 Å². The zero-order chi connectivity index (χ0) is 26.8. The van der Waals surface area contributed by atoms with E-state index in [0.717, 1.165) is 46.3 Å². The van der Waals surface area contributed by atoms with Crippen LogP contribution >= 0.6 is 11.8 Å². The first-order valence-electron chi connectivity index (χ1n) is 12.5. The van der Waals surface area contributed by atoms with Crippen LogP contribution in [0.3, 0.4) is 0 Å². The number of benzene rings is 3. The third kappa shape index (κ3) is 5.36. The van der Waals surface area contributed by atoms with E-state index in [1.807, 2.05) is 63.2 Å². The van der Waals surface area contributed by atoms with E-state index in [1.54, 1.807) is 11.8 Å². The number of hydrogen-bond acceptors (Lipinski definition) is 5. The minimum atomic E-state index is -0.391. The molecular formula is C30H29FN4O2S. The number of hydrogen-bond donors (Lipinski definition) is 2. The Bertz CT molecular complexity index is 1450. The van der Waals surface area contributed by atoms with E-state index in [9.17, 15) is 14.0 Å². The van der Waals surface area contributed by atoms with Crippen LogP contribution in [-0.4, -0.2) is 34.2 Å². The maximum absolute atomic E-state index is 13.7. The Kier molecular flexibility index (Phi) is 7.33. The zero-order valence-electron chi connectivity index (χ0n) is 21.5. The molecule has 38 heavy (non-hydrogen) atoms. The zero-order valence-corrected chi connectivity index (χ0v) is 22.4. The fraction of sp³-hybridized carbons (Fsp3) is 0.233. The van der Waals surface area contributed by atoms with Crippen molar-refractivity contribution in [2.24, 2.45) is 4.99 Å². The fourth-order valence-corrected chi connectivity index (χ4v) is 5.82. The molecule has 0 saturated carbocycles. The van der Waals surface area contributed by atoms with Crippen LogP contribution in [0.5, 0.6) is 0 Å². The molecule has 1 saturated heterocycles. The Labute approximate surface area is 226 Å². The molecule has 5 rings (SSSR count). The number of rotatable bonds is 5. The molecule has 8 heteroatoms. The first-order valence-corrected chi connectivity index (χ1v) is 13.5. The third-order valence-electron chi connectivity index (χ3n) is 6.72. The minimum Gasteiger partial charge on any atom is -0.340 e. The van der Waals surface area contributed by atoms with Gasteiger partial charge in [0.05, 0.1) is 17.3 Å². The van der Waals surface area contributed by atoms with Crippen molar-refractivity contribution in [1.82, 2.24) is 4.90 Å². The highest BCUT2D eigenvalue weighted by molar-refractivity contribution is 8.13. The number of aryl methyl sites for hydroxylation is 2. The lowest BCUT2D eigenvalue weighted by Gasteiger charge is -2.41. The van der Waals surface area contributed by atoms with E-state index in [4.69, 9.17) is 4.99 Å². The lowest BCUT2D eigenvalue weighted by molar-refractivity contribution is -0.113. The van der Waals surface area contributed by atoms with E-state index in [1.165, 1.54) is 24.3 Å². The van der Waals surface area contributed by atoms with Gasteiger partial charge < -0.3 is 15.5 Å². The van der Waals surface area contributed by atoms with Crippen LogP contribution in [-0.2, 0) is 4.79 Å². The van der Waals surface area contributed by atoms with Crippen LogP contribution in [0.15, 0.2) is 83.0 Å². The number of anilines is 2. The summed E-state index contributed by atoms with van der Waals surface area (Å²) in [7, 11) is 0. The summed E-state index contributed by atoms with van der Waals surface area (Å²) in [5.41, 5.74) is 6.15. The molecule has 2 aliphatic heterocycles. The molecule has 1 unspecified atom stereocenters. The minimum absolute atomic E-state index is 0.175. The number of amidine groups is 1. The average molecular weight is 529 g/mol. The molecule has 6 nitrogen and oxygen atoms in total. The Morgan fingerprint density at radius 1 is 0.947 bits per heavy atom. The van der Waals surface area contributed by atoms with Crippen LogP contribution in [0.1, 0.15) is 46.4 Å². The maximum Gasteiger partial charge on any atom is 0.255 e. The molecule has 194 valence electrons. The standard InChI is InChI=1S/C30H29FN4O2S/c1-18-5-14-25(19(2)17-18)34-29(37)26-20(3)32-30-35(15-4-16-38-30)27(26)21-8-12-24(13-9-21)33-28(36)22-6-10-23(31)11-7-22/h5-14,17,27H,4,15-16H2,1-3H3,(H,33,36)(H,34,37). The first-order chi connectivity index (χ1) is 18.3. The molecular weight excluding hydrogens is 499 g/mol. The molecule has 0 aromatic heterocycles. The van der Waals surface area contributed by atoms with Crippen molar-refractivity contribution in [1.29, 1.82) is 0 Å². The Balaban J connectivity index is 1.43. The van der Waals surface area contributed by atoms with Gasteiger partial charge in [-0.3, -0.25) is 9.59 Å². The van der Waals surface area contributed by atoms with Crippen molar-refractivity contribution in [3.8, 4) is 0 Å². The highest BCUT2D eigenvalue weighted by atomic mass is 32.2. The molecule has 3 aromatic carbocycles. The summed E-state index contributed by atoms with van der Waals surface area (Å²) >= 11 is 1.71. The third-order valence-corrected chi connectivity index (χ3v) is 7.80. The van der Waals surface area contributed by atoms with Gasteiger partial charge in [-0.1, -0.05) is 41.6 Å². The van der Waals surface area contributed by atoms with Crippen molar-refractivity contribution in [2.75, 3.05) is 22.9 Å². The summed E-state index contributed by atoms with van der Waals surface area (Å²) in [4.78, 5) is 33.3. The number of halogens is 1. The predicted octanol–water partition coefficient (Wildman–Crippen LogP) is 6.46. The number of aliphatic imine (C=N–C) groups is 1. The predicted molar refractivity (Wildman–Crippen MR) is 152 cm³/mol. The molecule has 2 N–H and O–H groups in total. The molecule has 0 radical (unpaired) electrons. The molecule has 1 atom stereocenters. The second-order valence-corrected chi connectivity index (χ2v) is 10.6. The summed E-state index contributed by atoms with van der Waals surface area (Å²) in [6, 6.07) is 18.6. The molecule has 0 spiro atoms. The normalized spacial score (nSPS) is 17.0. The van der Waals surface area contributed by atoms with Crippen LogP contribution in [0.4, 0.5) is 15.8 Å². The maximum atomic E-state index is 13.7. The van der Waals surface area contributed by atoms with Gasteiger partial charge in [0.2, 0.25) is 0 Å². The van der Waals surface area contributed by atoms with Crippen molar-refractivity contribution in [3.05, 3.63) is 106 Å². The van der Waals surface area contributed by atoms with E-state index < -0.39 is 5.82 Å². The second-order valence-electron chi connectivity index (χ2n) is 9.55. The number of nitrogens with zero attached hydrogens (tertiary/aromatic N) is 2. The molecule has 0 bridgehead atoms. The van der Waals surface area contributed by atoms with Crippen molar-refractivity contribution in [2.45, 2.75) is 33.2 Å². The van der Waals surface area contributed by atoms with E-state index in [0.29, 0.717) is 22.5 Å². The number of carbonyl (C=O) groups is 2. The van der Waals surface area contributed by atoms with Gasteiger partial charge in [-0.15, -0.1) is 0 Å². The summed E-state index contributed by atoms with van der Waals surface area (Å²) in [6.45, 7) is 6.70. The SMILES string of the molecule is CC1=C(C(=O)Nc2ccc(C)cc2C)C(c2ccc(NC(=O)c3ccc(F)cc3)cc2)N2CCCSC2=N1. The molecule has 1 fully saturated rings. The van der Waals surface area contributed by atoms with Gasteiger partial charge in [0.15, 0.2) is 5.17 Å². The van der Waals surface area contributed by atoms with Crippen molar-refractivity contribution >= 4 is 40.1 Å². The van der Waals surface area contributed by atoms with E-state index >= 15 is 0 Å². The van der Waals surface area contributed by atoms with Gasteiger partial charge in [-0.2, -0.15) is 0 Å². The van der Waals surface area contributed by atoms with Gasteiger partial charge >= 0.3 is 0 Å². The monoisotopic (exact) mass is 528 g/mol. The van der Waals surface area contributed by atoms with Crippen LogP contribution in [0, 0.1) is 19.7 Å².